The summed E-state index contributed by atoms with van der Waals surface area (Å²) in [6.45, 7) is 1.59. The number of nitrogens with one attached hydrogen (secondary N) is 2. The van der Waals surface area contributed by atoms with Crippen LogP contribution in [0, 0.1) is 5.92 Å². The average Bonchev–Trinajstić information content (AvgIpc) is 2.97. The van der Waals surface area contributed by atoms with E-state index in [1.807, 2.05) is 11.8 Å². The fourth-order valence-electron chi connectivity index (χ4n) is 2.83. The lowest BCUT2D eigenvalue weighted by Crippen LogP contribution is -2.41. The first-order chi connectivity index (χ1) is 10.1. The minimum Gasteiger partial charge on any atom is -0.355 e. The highest BCUT2D eigenvalue weighted by atomic mass is 127. The van der Waals surface area contributed by atoms with Crippen molar-refractivity contribution < 1.29 is 8.42 Å². The monoisotopic (exact) mass is 459 g/mol. The minimum absolute atomic E-state index is 0. The predicted octanol–water partition coefficient (Wildman–Crippen LogP) is 1.63. The minimum atomic E-state index is -2.79. The van der Waals surface area contributed by atoms with Crippen LogP contribution in [0.1, 0.15) is 32.1 Å². The zero-order valence-corrected chi connectivity index (χ0v) is 16.8. The fourth-order valence-corrected chi connectivity index (χ4v) is 5.88. The van der Waals surface area contributed by atoms with Gasteiger partial charge in [-0.1, -0.05) is 0 Å². The number of hydrogen-bond donors (Lipinski definition) is 2. The van der Waals surface area contributed by atoms with E-state index < -0.39 is 9.84 Å². The summed E-state index contributed by atoms with van der Waals surface area (Å²) in [6, 6.07) is 0.569. The number of rotatable bonds is 5. The maximum atomic E-state index is 11.5. The van der Waals surface area contributed by atoms with Crippen molar-refractivity contribution in [3.63, 3.8) is 0 Å². The number of aliphatic imine (C=N–C) groups is 1. The second-order valence-corrected chi connectivity index (χ2v) is 10.0. The number of sulfone groups is 1. The van der Waals surface area contributed by atoms with Crippen molar-refractivity contribution >= 4 is 51.5 Å². The van der Waals surface area contributed by atoms with E-state index in [0.29, 0.717) is 29.3 Å². The van der Waals surface area contributed by atoms with Gasteiger partial charge in [0.15, 0.2) is 15.8 Å². The Kier molecular flexibility index (Phi) is 7.13. The van der Waals surface area contributed by atoms with Crippen molar-refractivity contribution in [2.75, 3.05) is 30.3 Å². The smallest absolute Gasteiger partial charge is 0.191 e. The summed E-state index contributed by atoms with van der Waals surface area (Å²) in [6.07, 6.45) is 5.81. The molecule has 0 bridgehead atoms. The van der Waals surface area contributed by atoms with Gasteiger partial charge in [0.1, 0.15) is 0 Å². The molecule has 3 rings (SSSR count). The molecule has 5 nitrogen and oxygen atoms in total. The maximum Gasteiger partial charge on any atom is 0.191 e. The number of nitrogens with zero attached hydrogens (tertiary/aromatic N) is 1. The molecular formula is C14H26IN3O2S2. The van der Waals surface area contributed by atoms with Gasteiger partial charge >= 0.3 is 0 Å². The lowest BCUT2D eigenvalue weighted by atomic mass is 10.1. The molecule has 0 amide bonds. The van der Waals surface area contributed by atoms with Crippen LogP contribution in [0.15, 0.2) is 4.99 Å². The summed E-state index contributed by atoms with van der Waals surface area (Å²) in [4.78, 5) is 4.63. The van der Waals surface area contributed by atoms with Gasteiger partial charge < -0.3 is 10.6 Å². The molecule has 2 N–H and O–H groups in total. The van der Waals surface area contributed by atoms with E-state index >= 15 is 0 Å². The van der Waals surface area contributed by atoms with Crippen LogP contribution < -0.4 is 10.6 Å². The fraction of sp³-hybridized carbons (Fsp3) is 0.929. The number of guanidine groups is 1. The van der Waals surface area contributed by atoms with Crippen LogP contribution in [-0.2, 0) is 9.84 Å². The van der Waals surface area contributed by atoms with Crippen molar-refractivity contribution in [3.8, 4) is 0 Å². The molecule has 3 aliphatic rings. The molecule has 0 radical (unpaired) electrons. The molecular weight excluding hydrogens is 433 g/mol. The van der Waals surface area contributed by atoms with Crippen LogP contribution in [0.2, 0.25) is 0 Å². The second-order valence-electron chi connectivity index (χ2n) is 6.39. The van der Waals surface area contributed by atoms with Crippen molar-refractivity contribution in [1.82, 2.24) is 10.6 Å². The predicted molar refractivity (Wildman–Crippen MR) is 104 cm³/mol. The van der Waals surface area contributed by atoms with Gasteiger partial charge in [-0.05, 0) is 43.8 Å². The summed E-state index contributed by atoms with van der Waals surface area (Å²) >= 11 is 2.04. The van der Waals surface area contributed by atoms with Gasteiger partial charge in [0, 0.05) is 24.4 Å². The first-order valence-electron chi connectivity index (χ1n) is 7.97. The van der Waals surface area contributed by atoms with Gasteiger partial charge in [0.2, 0.25) is 0 Å². The van der Waals surface area contributed by atoms with Crippen molar-refractivity contribution in [2.45, 2.75) is 43.4 Å². The Morgan fingerprint density at radius 3 is 2.64 bits per heavy atom. The topological polar surface area (TPSA) is 70.6 Å². The summed E-state index contributed by atoms with van der Waals surface area (Å²) in [5.74, 6) is 3.01. The van der Waals surface area contributed by atoms with Crippen LogP contribution in [0.5, 0.6) is 0 Å². The lowest BCUT2D eigenvalue weighted by Gasteiger charge is -2.15. The van der Waals surface area contributed by atoms with Crippen LogP contribution in [0.25, 0.3) is 0 Å². The highest BCUT2D eigenvalue weighted by Gasteiger charge is 2.28. The van der Waals surface area contributed by atoms with Gasteiger partial charge in [-0.3, -0.25) is 4.99 Å². The SMILES string of the molecule is I.O=S1(=O)CCC(CN=C(NCC2CCCS2)NC2CC2)C1. The normalized spacial score (nSPS) is 30.8. The van der Waals surface area contributed by atoms with Gasteiger partial charge in [-0.15, -0.1) is 24.0 Å². The number of thioether (sulfide) groups is 1. The highest BCUT2D eigenvalue weighted by Crippen LogP contribution is 2.25. The van der Waals surface area contributed by atoms with E-state index in [2.05, 4.69) is 15.6 Å². The van der Waals surface area contributed by atoms with Crippen LogP contribution in [0.4, 0.5) is 0 Å². The third kappa shape index (κ3) is 6.07. The Hall–Kier alpha value is 0.300. The quantitative estimate of drug-likeness (QED) is 0.372. The Morgan fingerprint density at radius 1 is 1.23 bits per heavy atom. The molecule has 1 aliphatic carbocycles. The number of hydrogen-bond acceptors (Lipinski definition) is 4. The van der Waals surface area contributed by atoms with E-state index in [-0.39, 0.29) is 29.9 Å². The van der Waals surface area contributed by atoms with E-state index in [1.165, 1.54) is 31.4 Å². The molecule has 3 fully saturated rings. The molecule has 0 aromatic carbocycles. The van der Waals surface area contributed by atoms with Crippen LogP contribution >= 0.6 is 35.7 Å². The summed E-state index contributed by atoms with van der Waals surface area (Å²) in [5.41, 5.74) is 0. The second kappa shape index (κ2) is 8.41. The van der Waals surface area contributed by atoms with Gasteiger partial charge in [-0.25, -0.2) is 8.42 Å². The van der Waals surface area contributed by atoms with Crippen LogP contribution in [-0.4, -0.2) is 56.0 Å². The molecule has 0 aromatic rings. The summed E-state index contributed by atoms with van der Waals surface area (Å²) < 4.78 is 23.0. The lowest BCUT2D eigenvalue weighted by molar-refractivity contribution is 0.589. The first kappa shape index (κ1) is 18.6. The largest absolute Gasteiger partial charge is 0.355 e. The van der Waals surface area contributed by atoms with Gasteiger partial charge in [0.25, 0.3) is 0 Å². The first-order valence-corrected chi connectivity index (χ1v) is 10.8. The zero-order chi connectivity index (χ0) is 14.7. The van der Waals surface area contributed by atoms with E-state index in [0.717, 1.165) is 18.9 Å². The van der Waals surface area contributed by atoms with E-state index in [1.54, 1.807) is 0 Å². The Labute approximate surface area is 154 Å². The summed E-state index contributed by atoms with van der Waals surface area (Å²) in [5, 5.41) is 7.58. The maximum absolute atomic E-state index is 11.5. The third-order valence-corrected chi connectivity index (χ3v) is 7.51. The average molecular weight is 459 g/mol. The molecule has 8 heteroatoms. The molecule has 2 atom stereocenters. The Balaban J connectivity index is 0.00000176. The Bertz CT molecular complexity index is 488. The molecule has 2 heterocycles. The van der Waals surface area contributed by atoms with Gasteiger partial charge in [-0.2, -0.15) is 11.8 Å². The molecule has 128 valence electrons. The van der Waals surface area contributed by atoms with E-state index in [9.17, 15) is 8.42 Å². The number of halogens is 1. The Morgan fingerprint density at radius 2 is 2.05 bits per heavy atom. The molecule has 1 saturated carbocycles. The third-order valence-electron chi connectivity index (χ3n) is 4.27. The molecule has 2 saturated heterocycles. The molecule has 2 aliphatic heterocycles. The molecule has 0 aromatic heterocycles. The van der Waals surface area contributed by atoms with Crippen molar-refractivity contribution in [1.29, 1.82) is 0 Å². The molecule has 2 unspecified atom stereocenters. The zero-order valence-electron chi connectivity index (χ0n) is 12.8. The molecule has 22 heavy (non-hydrogen) atoms. The van der Waals surface area contributed by atoms with Crippen molar-refractivity contribution in [2.24, 2.45) is 10.9 Å². The highest BCUT2D eigenvalue weighted by molar-refractivity contribution is 14.0. The van der Waals surface area contributed by atoms with E-state index in [4.69, 9.17) is 0 Å². The van der Waals surface area contributed by atoms with Crippen LogP contribution in [0.3, 0.4) is 0 Å². The molecule has 0 spiro atoms. The van der Waals surface area contributed by atoms with Crippen molar-refractivity contribution in [3.05, 3.63) is 0 Å². The summed E-state index contributed by atoms with van der Waals surface area (Å²) in [7, 11) is -2.79. The van der Waals surface area contributed by atoms with Gasteiger partial charge in [0.05, 0.1) is 11.5 Å². The standard InChI is InChI=1S/C14H25N3O2S2.HI/c18-21(19)7-5-11(10-21)8-15-14(17-12-3-4-12)16-9-13-2-1-6-20-13;/h11-13H,1-10H2,(H2,15,16,17);1H.